The average molecular weight is 268 g/mol. The first-order valence-electron chi connectivity index (χ1n) is 5.96. The van der Waals surface area contributed by atoms with Crippen molar-refractivity contribution < 1.29 is 4.79 Å². The molecule has 3 nitrogen and oxygen atoms in total. The first-order valence-corrected chi connectivity index (χ1v) is 6.73. The Bertz CT molecular complexity index is 748. The molecule has 1 aromatic heterocycles. The summed E-state index contributed by atoms with van der Waals surface area (Å²) in [5.74, 6) is -0.102. The minimum absolute atomic E-state index is 0.102. The number of amides is 1. The zero-order valence-electron chi connectivity index (χ0n) is 10.4. The largest absolute Gasteiger partial charge is 0.312 e. The lowest BCUT2D eigenvalue weighted by atomic mass is 10.1. The molecule has 0 radical (unpaired) electrons. The molecule has 0 aliphatic heterocycles. The van der Waals surface area contributed by atoms with Crippen LogP contribution >= 0.6 is 11.5 Å². The topological polar surface area (TPSA) is 42.0 Å². The maximum absolute atomic E-state index is 12.1. The second kappa shape index (κ2) is 4.82. The van der Waals surface area contributed by atoms with E-state index in [1.54, 1.807) is 0 Å². The Balaban J connectivity index is 1.89. The molecular formula is C15H12N2OS. The van der Waals surface area contributed by atoms with Crippen molar-refractivity contribution in [3.05, 3.63) is 59.8 Å². The van der Waals surface area contributed by atoms with Gasteiger partial charge in [0.15, 0.2) is 0 Å². The molecule has 0 aliphatic rings. The summed E-state index contributed by atoms with van der Waals surface area (Å²) in [5, 5.41) is 5.83. The first-order chi connectivity index (χ1) is 9.22. The molecule has 1 amide bonds. The van der Waals surface area contributed by atoms with E-state index in [1.807, 2.05) is 55.5 Å². The monoisotopic (exact) mass is 268 g/mol. The van der Waals surface area contributed by atoms with Crippen molar-refractivity contribution in [2.45, 2.75) is 6.92 Å². The molecule has 1 N–H and O–H groups in total. The van der Waals surface area contributed by atoms with Crippen molar-refractivity contribution in [1.82, 2.24) is 4.37 Å². The summed E-state index contributed by atoms with van der Waals surface area (Å²) in [4.78, 5) is 12.1. The van der Waals surface area contributed by atoms with Gasteiger partial charge in [-0.05, 0) is 47.4 Å². The third kappa shape index (κ3) is 2.48. The lowest BCUT2D eigenvalue weighted by Gasteiger charge is -2.03. The van der Waals surface area contributed by atoms with Gasteiger partial charge in [-0.15, -0.1) is 0 Å². The van der Waals surface area contributed by atoms with Crippen molar-refractivity contribution >= 4 is 33.2 Å². The maximum atomic E-state index is 12.1. The predicted octanol–water partition coefficient (Wildman–Crippen LogP) is 3.86. The van der Waals surface area contributed by atoms with Gasteiger partial charge in [-0.25, -0.2) is 0 Å². The number of hydrogen-bond donors (Lipinski definition) is 1. The number of benzene rings is 2. The Morgan fingerprint density at radius 3 is 2.63 bits per heavy atom. The van der Waals surface area contributed by atoms with Gasteiger partial charge in [-0.3, -0.25) is 4.79 Å². The number of nitrogens with zero attached hydrogens (tertiary/aromatic N) is 1. The lowest BCUT2D eigenvalue weighted by Crippen LogP contribution is -2.10. The summed E-state index contributed by atoms with van der Waals surface area (Å²) < 4.78 is 4.14. The molecule has 0 unspecified atom stereocenters. The third-order valence-corrected chi connectivity index (χ3v) is 3.67. The smallest absolute Gasteiger partial charge is 0.256 e. The van der Waals surface area contributed by atoms with Crippen LogP contribution in [0, 0.1) is 6.92 Å². The van der Waals surface area contributed by atoms with Gasteiger partial charge >= 0.3 is 0 Å². The summed E-state index contributed by atoms with van der Waals surface area (Å²) >= 11 is 1.29. The van der Waals surface area contributed by atoms with E-state index in [0.717, 1.165) is 21.5 Å². The van der Waals surface area contributed by atoms with E-state index in [9.17, 15) is 4.79 Å². The summed E-state index contributed by atoms with van der Waals surface area (Å²) in [7, 11) is 0. The maximum Gasteiger partial charge on any atom is 0.256 e. The fraction of sp³-hybridized carbons (Fsp3) is 0.0667. The Kier molecular flexibility index (Phi) is 3.01. The molecule has 0 aliphatic carbocycles. The summed E-state index contributed by atoms with van der Waals surface area (Å²) in [5.41, 5.74) is 1.57. The van der Waals surface area contributed by atoms with Gasteiger partial charge in [0.05, 0.1) is 5.69 Å². The van der Waals surface area contributed by atoms with Gasteiger partial charge in [-0.1, -0.05) is 30.3 Å². The summed E-state index contributed by atoms with van der Waals surface area (Å²) in [6.07, 6.45) is 0. The molecule has 0 saturated heterocycles. The van der Waals surface area contributed by atoms with Gasteiger partial charge in [0.25, 0.3) is 5.91 Å². The lowest BCUT2D eigenvalue weighted by molar-refractivity contribution is 0.102. The number of carbonyl (C=O) groups is 1. The SMILES string of the molecule is Cc1cc(NC(=O)c2ccc3ccccc3c2)sn1. The van der Waals surface area contributed by atoms with Gasteiger partial charge in [0.1, 0.15) is 5.00 Å². The molecule has 3 rings (SSSR count). The number of nitrogens with one attached hydrogen (secondary N) is 1. The predicted molar refractivity (Wildman–Crippen MR) is 78.8 cm³/mol. The molecule has 0 spiro atoms. The zero-order valence-corrected chi connectivity index (χ0v) is 11.2. The normalized spacial score (nSPS) is 10.6. The second-order valence-electron chi connectivity index (χ2n) is 4.35. The standard InChI is InChI=1S/C15H12N2OS/c1-10-8-14(19-17-10)16-15(18)13-7-6-11-4-2-3-5-12(11)9-13/h2-9H,1H3,(H,16,18). The molecule has 4 heteroatoms. The number of aromatic nitrogens is 1. The van der Waals surface area contributed by atoms with Gasteiger partial charge < -0.3 is 5.32 Å². The number of hydrogen-bond acceptors (Lipinski definition) is 3. The highest BCUT2D eigenvalue weighted by Gasteiger charge is 2.08. The minimum Gasteiger partial charge on any atom is -0.312 e. The van der Waals surface area contributed by atoms with Crippen molar-refractivity contribution in [2.24, 2.45) is 0 Å². The highest BCUT2D eigenvalue weighted by atomic mass is 32.1. The van der Waals surface area contributed by atoms with E-state index in [4.69, 9.17) is 0 Å². The Hall–Kier alpha value is -2.20. The van der Waals surface area contributed by atoms with Crippen LogP contribution in [-0.2, 0) is 0 Å². The molecule has 1 heterocycles. The quantitative estimate of drug-likeness (QED) is 0.767. The average Bonchev–Trinajstić information content (AvgIpc) is 2.83. The van der Waals surface area contributed by atoms with Crippen molar-refractivity contribution in [2.75, 3.05) is 5.32 Å². The number of carbonyl (C=O) groups excluding carboxylic acids is 1. The van der Waals surface area contributed by atoms with E-state index in [2.05, 4.69) is 9.69 Å². The van der Waals surface area contributed by atoms with E-state index in [1.165, 1.54) is 11.5 Å². The molecule has 0 atom stereocenters. The van der Waals surface area contributed by atoms with Gasteiger partial charge in [-0.2, -0.15) is 4.37 Å². The third-order valence-electron chi connectivity index (χ3n) is 2.88. The second-order valence-corrected chi connectivity index (χ2v) is 5.15. The highest BCUT2D eigenvalue weighted by molar-refractivity contribution is 7.10. The van der Waals surface area contributed by atoms with Crippen LogP contribution in [0.1, 0.15) is 16.1 Å². The van der Waals surface area contributed by atoms with E-state index in [-0.39, 0.29) is 5.91 Å². The van der Waals surface area contributed by atoms with Gasteiger partial charge in [0, 0.05) is 5.56 Å². The Morgan fingerprint density at radius 2 is 1.89 bits per heavy atom. The number of rotatable bonds is 2. The van der Waals surface area contributed by atoms with Crippen LogP contribution in [0.3, 0.4) is 0 Å². The number of fused-ring (bicyclic) bond motifs is 1. The molecule has 0 fully saturated rings. The van der Waals surface area contributed by atoms with E-state index < -0.39 is 0 Å². The van der Waals surface area contributed by atoms with Crippen molar-refractivity contribution in [3.8, 4) is 0 Å². The number of anilines is 1. The van der Waals surface area contributed by atoms with Crippen molar-refractivity contribution in [3.63, 3.8) is 0 Å². The fourth-order valence-corrected chi connectivity index (χ4v) is 2.59. The summed E-state index contributed by atoms with van der Waals surface area (Å²) in [6, 6.07) is 15.6. The van der Waals surface area contributed by atoms with Crippen LogP contribution in [0.15, 0.2) is 48.5 Å². The molecule has 3 aromatic rings. The molecule has 2 aromatic carbocycles. The van der Waals surface area contributed by atoms with E-state index >= 15 is 0 Å². The van der Waals surface area contributed by atoms with Crippen LogP contribution in [0.2, 0.25) is 0 Å². The molecule has 19 heavy (non-hydrogen) atoms. The van der Waals surface area contributed by atoms with Crippen LogP contribution in [0.5, 0.6) is 0 Å². The molecule has 94 valence electrons. The van der Waals surface area contributed by atoms with E-state index in [0.29, 0.717) is 5.56 Å². The van der Waals surface area contributed by atoms with Gasteiger partial charge in [0.2, 0.25) is 0 Å². The molecular weight excluding hydrogens is 256 g/mol. The highest BCUT2D eigenvalue weighted by Crippen LogP contribution is 2.19. The van der Waals surface area contributed by atoms with Crippen molar-refractivity contribution in [1.29, 1.82) is 0 Å². The van der Waals surface area contributed by atoms with Crippen LogP contribution in [-0.4, -0.2) is 10.3 Å². The summed E-state index contributed by atoms with van der Waals surface area (Å²) in [6.45, 7) is 1.90. The Labute approximate surface area is 115 Å². The molecule has 0 bridgehead atoms. The minimum atomic E-state index is -0.102. The first kappa shape index (κ1) is 11.9. The zero-order chi connectivity index (χ0) is 13.2. The van der Waals surface area contributed by atoms with Crippen LogP contribution in [0.4, 0.5) is 5.00 Å². The Morgan fingerprint density at radius 1 is 1.11 bits per heavy atom. The molecule has 0 saturated carbocycles. The fourth-order valence-electron chi connectivity index (χ4n) is 1.94. The van der Waals surface area contributed by atoms with Crippen LogP contribution in [0.25, 0.3) is 10.8 Å². The van der Waals surface area contributed by atoms with Crippen LogP contribution < -0.4 is 5.32 Å². The number of aryl methyl sites for hydroxylation is 1.